The molecular weight excluding hydrogens is 325 g/mol. The van der Waals surface area contributed by atoms with Crippen molar-refractivity contribution in [3.8, 4) is 0 Å². The fourth-order valence-corrected chi connectivity index (χ4v) is 3.53. The molecule has 3 rings (SSSR count). The van der Waals surface area contributed by atoms with Crippen molar-refractivity contribution in [3.63, 3.8) is 0 Å². The molecule has 0 bridgehead atoms. The minimum Gasteiger partial charge on any atom is -0.370 e. The number of ether oxygens (including phenoxy) is 1. The quantitative estimate of drug-likeness (QED) is 0.770. The van der Waals surface area contributed by atoms with Crippen molar-refractivity contribution >= 4 is 17.7 Å². The Bertz CT molecular complexity index is 663. The zero-order chi connectivity index (χ0) is 16.8. The molecule has 0 radical (unpaired) electrons. The van der Waals surface area contributed by atoms with E-state index in [9.17, 15) is 9.18 Å². The Morgan fingerprint density at radius 3 is 2.67 bits per heavy atom. The Hall–Kier alpha value is -1.85. The van der Waals surface area contributed by atoms with Crippen LogP contribution in [0.4, 0.5) is 4.39 Å². The molecule has 0 aromatic heterocycles. The van der Waals surface area contributed by atoms with E-state index in [0.717, 1.165) is 10.5 Å². The van der Waals surface area contributed by atoms with Crippen molar-refractivity contribution in [2.24, 2.45) is 0 Å². The number of nitrogens with zero attached hydrogens (tertiary/aromatic N) is 1. The second-order valence-electron chi connectivity index (χ2n) is 5.66. The van der Waals surface area contributed by atoms with Gasteiger partial charge in [-0.05, 0) is 29.8 Å². The summed E-state index contributed by atoms with van der Waals surface area (Å²) in [5, 5.41) is 0. The van der Waals surface area contributed by atoms with Gasteiger partial charge in [-0.2, -0.15) is 0 Å². The number of hydrogen-bond donors (Lipinski definition) is 0. The van der Waals surface area contributed by atoms with Crippen molar-refractivity contribution < 1.29 is 13.9 Å². The summed E-state index contributed by atoms with van der Waals surface area (Å²) < 4.78 is 18.7. The SMILES string of the molecule is O=C(CCSc1ccc(F)cc1)N1CCOC(c2ccccc2)C1. The molecule has 0 aliphatic carbocycles. The highest BCUT2D eigenvalue weighted by Crippen LogP contribution is 2.23. The number of morpholine rings is 1. The van der Waals surface area contributed by atoms with Crippen LogP contribution in [0.5, 0.6) is 0 Å². The van der Waals surface area contributed by atoms with Crippen LogP contribution in [0, 0.1) is 5.82 Å². The van der Waals surface area contributed by atoms with Crippen molar-refractivity contribution in [3.05, 3.63) is 66.0 Å². The van der Waals surface area contributed by atoms with Gasteiger partial charge in [0.05, 0.1) is 13.2 Å². The van der Waals surface area contributed by atoms with E-state index in [4.69, 9.17) is 4.74 Å². The van der Waals surface area contributed by atoms with Gasteiger partial charge >= 0.3 is 0 Å². The van der Waals surface area contributed by atoms with E-state index in [0.29, 0.717) is 31.9 Å². The summed E-state index contributed by atoms with van der Waals surface area (Å²) >= 11 is 1.57. The highest BCUT2D eigenvalue weighted by atomic mass is 32.2. The maximum Gasteiger partial charge on any atom is 0.223 e. The third-order valence-corrected chi connectivity index (χ3v) is 5.00. The number of benzene rings is 2. The number of halogens is 1. The lowest BCUT2D eigenvalue weighted by Crippen LogP contribution is -2.42. The molecule has 1 fully saturated rings. The van der Waals surface area contributed by atoms with Crippen LogP contribution in [0.1, 0.15) is 18.1 Å². The van der Waals surface area contributed by atoms with Crippen LogP contribution in [0.15, 0.2) is 59.5 Å². The number of hydrogen-bond acceptors (Lipinski definition) is 3. The average Bonchev–Trinajstić information content (AvgIpc) is 2.64. The van der Waals surface area contributed by atoms with E-state index in [1.807, 2.05) is 35.2 Å². The average molecular weight is 345 g/mol. The molecular formula is C19H20FNO2S. The lowest BCUT2D eigenvalue weighted by molar-refractivity contribution is -0.138. The highest BCUT2D eigenvalue weighted by molar-refractivity contribution is 7.99. The fraction of sp³-hybridized carbons (Fsp3) is 0.316. The molecule has 0 N–H and O–H groups in total. The predicted octanol–water partition coefficient (Wildman–Crippen LogP) is 3.91. The highest BCUT2D eigenvalue weighted by Gasteiger charge is 2.24. The first kappa shape index (κ1) is 17.0. The van der Waals surface area contributed by atoms with Gasteiger partial charge in [-0.3, -0.25) is 4.79 Å². The van der Waals surface area contributed by atoms with Crippen LogP contribution in [0.25, 0.3) is 0 Å². The summed E-state index contributed by atoms with van der Waals surface area (Å²) in [6, 6.07) is 16.4. The Balaban J connectivity index is 1.48. The standard InChI is InChI=1S/C19H20FNO2S/c20-16-6-8-17(9-7-16)24-13-10-19(22)21-11-12-23-18(14-21)15-4-2-1-3-5-15/h1-9,18H,10-14H2. The number of rotatable bonds is 5. The summed E-state index contributed by atoms with van der Waals surface area (Å²) in [7, 11) is 0. The molecule has 1 aliphatic rings. The van der Waals surface area contributed by atoms with E-state index in [1.54, 1.807) is 23.9 Å². The maximum absolute atomic E-state index is 12.9. The van der Waals surface area contributed by atoms with Gasteiger partial charge in [-0.25, -0.2) is 4.39 Å². The number of carbonyl (C=O) groups is 1. The minimum atomic E-state index is -0.240. The molecule has 1 unspecified atom stereocenters. The second kappa shape index (κ2) is 8.31. The van der Waals surface area contributed by atoms with Gasteiger partial charge in [0.1, 0.15) is 11.9 Å². The van der Waals surface area contributed by atoms with Crippen LogP contribution in [0.3, 0.4) is 0 Å². The van der Waals surface area contributed by atoms with Gasteiger partial charge in [0.15, 0.2) is 0 Å². The van der Waals surface area contributed by atoms with Gasteiger partial charge in [0.25, 0.3) is 0 Å². The Labute approximate surface area is 145 Å². The fourth-order valence-electron chi connectivity index (χ4n) is 2.69. The molecule has 1 amide bonds. The summed E-state index contributed by atoms with van der Waals surface area (Å²) in [6.07, 6.45) is 0.428. The smallest absolute Gasteiger partial charge is 0.223 e. The minimum absolute atomic E-state index is 0.0475. The van der Waals surface area contributed by atoms with Crippen molar-refractivity contribution in [1.82, 2.24) is 4.90 Å². The number of thioether (sulfide) groups is 1. The van der Waals surface area contributed by atoms with Crippen molar-refractivity contribution in [1.29, 1.82) is 0 Å². The van der Waals surface area contributed by atoms with Crippen LogP contribution in [-0.4, -0.2) is 36.3 Å². The first-order valence-electron chi connectivity index (χ1n) is 8.05. The third-order valence-electron chi connectivity index (χ3n) is 3.99. The van der Waals surface area contributed by atoms with E-state index in [2.05, 4.69) is 0 Å². The zero-order valence-electron chi connectivity index (χ0n) is 13.4. The number of amides is 1. The molecule has 1 saturated heterocycles. The van der Waals surface area contributed by atoms with Crippen LogP contribution in [0.2, 0.25) is 0 Å². The number of carbonyl (C=O) groups excluding carboxylic acids is 1. The Kier molecular flexibility index (Phi) is 5.88. The lowest BCUT2D eigenvalue weighted by atomic mass is 10.1. The first-order chi connectivity index (χ1) is 11.7. The molecule has 24 heavy (non-hydrogen) atoms. The summed E-state index contributed by atoms with van der Waals surface area (Å²) in [6.45, 7) is 1.81. The Morgan fingerprint density at radius 2 is 1.92 bits per heavy atom. The van der Waals surface area contributed by atoms with Crippen LogP contribution in [-0.2, 0) is 9.53 Å². The lowest BCUT2D eigenvalue weighted by Gasteiger charge is -2.33. The van der Waals surface area contributed by atoms with Gasteiger partial charge in [0.2, 0.25) is 5.91 Å². The summed E-state index contributed by atoms with van der Waals surface area (Å²) in [5.74, 6) is 0.599. The molecule has 0 saturated carbocycles. The van der Waals surface area contributed by atoms with Crippen molar-refractivity contribution in [2.45, 2.75) is 17.4 Å². The third kappa shape index (κ3) is 4.58. The largest absolute Gasteiger partial charge is 0.370 e. The van der Waals surface area contributed by atoms with Gasteiger partial charge in [-0.1, -0.05) is 30.3 Å². The van der Waals surface area contributed by atoms with Gasteiger partial charge in [0, 0.05) is 23.6 Å². The molecule has 1 atom stereocenters. The molecule has 5 heteroatoms. The normalized spacial score (nSPS) is 17.7. The molecule has 1 aliphatic heterocycles. The second-order valence-corrected chi connectivity index (χ2v) is 6.83. The summed E-state index contributed by atoms with van der Waals surface area (Å²) in [5.41, 5.74) is 1.11. The first-order valence-corrected chi connectivity index (χ1v) is 9.03. The van der Waals surface area contributed by atoms with E-state index in [1.165, 1.54) is 12.1 Å². The maximum atomic E-state index is 12.9. The topological polar surface area (TPSA) is 29.5 Å². The molecule has 2 aromatic carbocycles. The van der Waals surface area contributed by atoms with Gasteiger partial charge in [-0.15, -0.1) is 11.8 Å². The monoisotopic (exact) mass is 345 g/mol. The van der Waals surface area contributed by atoms with E-state index in [-0.39, 0.29) is 17.8 Å². The zero-order valence-corrected chi connectivity index (χ0v) is 14.2. The van der Waals surface area contributed by atoms with Crippen LogP contribution >= 0.6 is 11.8 Å². The predicted molar refractivity (Wildman–Crippen MR) is 93.5 cm³/mol. The van der Waals surface area contributed by atoms with E-state index < -0.39 is 0 Å². The molecule has 0 spiro atoms. The van der Waals surface area contributed by atoms with Crippen LogP contribution < -0.4 is 0 Å². The summed E-state index contributed by atoms with van der Waals surface area (Å²) in [4.78, 5) is 15.3. The Morgan fingerprint density at radius 1 is 1.17 bits per heavy atom. The van der Waals surface area contributed by atoms with Gasteiger partial charge < -0.3 is 9.64 Å². The molecule has 2 aromatic rings. The molecule has 3 nitrogen and oxygen atoms in total. The molecule has 1 heterocycles. The van der Waals surface area contributed by atoms with E-state index >= 15 is 0 Å². The molecule has 126 valence electrons. The van der Waals surface area contributed by atoms with Crippen molar-refractivity contribution in [2.75, 3.05) is 25.4 Å².